The van der Waals surface area contributed by atoms with Crippen LogP contribution in [0.3, 0.4) is 0 Å². The fourth-order valence-corrected chi connectivity index (χ4v) is 1.34. The highest BCUT2D eigenvalue weighted by Crippen LogP contribution is 2.32. The molecule has 17 heavy (non-hydrogen) atoms. The summed E-state index contributed by atoms with van der Waals surface area (Å²) in [5.41, 5.74) is 6.29. The van der Waals surface area contributed by atoms with Gasteiger partial charge in [0.25, 0.3) is 0 Å². The maximum Gasteiger partial charge on any atom is 0.337 e. The molecule has 0 bridgehead atoms. The molecule has 0 radical (unpaired) electrons. The highest BCUT2D eigenvalue weighted by molar-refractivity contribution is 5.89. The minimum absolute atomic E-state index is 0. The number of nitrogens with two attached hydrogens (primary N) is 1. The molecule has 0 saturated heterocycles. The van der Waals surface area contributed by atoms with Gasteiger partial charge >= 0.3 is 5.97 Å². The number of methoxy groups -OCH3 is 1. The maximum absolute atomic E-state index is 11.2. The summed E-state index contributed by atoms with van der Waals surface area (Å²) in [6.45, 7) is 0.532. The summed E-state index contributed by atoms with van der Waals surface area (Å²) in [5, 5.41) is 0. The monoisotopic (exact) mass is 257 g/mol. The number of rotatable bonds is 4. The topological polar surface area (TPSA) is 61.5 Å². The van der Waals surface area contributed by atoms with Crippen LogP contribution in [0.15, 0.2) is 24.3 Å². The minimum atomic E-state index is -0.343. The van der Waals surface area contributed by atoms with E-state index in [-0.39, 0.29) is 23.9 Å². The van der Waals surface area contributed by atoms with Crippen molar-refractivity contribution in [1.82, 2.24) is 0 Å². The molecule has 0 amide bonds. The van der Waals surface area contributed by atoms with Gasteiger partial charge in [-0.25, -0.2) is 4.79 Å². The summed E-state index contributed by atoms with van der Waals surface area (Å²) in [7, 11) is 1.36. The number of ether oxygens (including phenoxy) is 2. The third-order valence-corrected chi connectivity index (χ3v) is 2.69. The standard InChI is InChI=1S/C12H15NO3.ClH/c1-15-11(14)9-2-4-10(5-3-9)16-8-12(13)6-7-12;/h2-5H,6-8,13H2,1H3;1H. The predicted molar refractivity (Wildman–Crippen MR) is 66.7 cm³/mol. The lowest BCUT2D eigenvalue weighted by atomic mass is 10.2. The van der Waals surface area contributed by atoms with Gasteiger partial charge in [0, 0.05) is 0 Å². The van der Waals surface area contributed by atoms with Gasteiger partial charge in [0.2, 0.25) is 0 Å². The van der Waals surface area contributed by atoms with Crippen molar-refractivity contribution in [2.75, 3.05) is 13.7 Å². The molecule has 2 rings (SSSR count). The van der Waals surface area contributed by atoms with E-state index < -0.39 is 0 Å². The van der Waals surface area contributed by atoms with E-state index in [2.05, 4.69) is 4.74 Å². The normalized spacial score (nSPS) is 15.6. The lowest BCUT2D eigenvalue weighted by Gasteiger charge is -2.11. The van der Waals surface area contributed by atoms with Crippen molar-refractivity contribution in [2.45, 2.75) is 18.4 Å². The molecule has 0 aromatic heterocycles. The van der Waals surface area contributed by atoms with Gasteiger partial charge < -0.3 is 15.2 Å². The van der Waals surface area contributed by atoms with Gasteiger partial charge in [0.1, 0.15) is 12.4 Å². The van der Waals surface area contributed by atoms with Gasteiger partial charge in [-0.1, -0.05) is 0 Å². The molecule has 1 aromatic carbocycles. The second-order valence-corrected chi connectivity index (χ2v) is 4.17. The zero-order valence-electron chi connectivity index (χ0n) is 9.64. The first kappa shape index (κ1) is 13.8. The van der Waals surface area contributed by atoms with E-state index in [9.17, 15) is 4.79 Å². The van der Waals surface area contributed by atoms with Crippen LogP contribution in [0, 0.1) is 0 Å². The van der Waals surface area contributed by atoms with E-state index in [1.807, 2.05) is 0 Å². The van der Waals surface area contributed by atoms with Gasteiger partial charge in [0.05, 0.1) is 18.2 Å². The molecule has 1 aliphatic rings. The largest absolute Gasteiger partial charge is 0.492 e. The first-order valence-corrected chi connectivity index (χ1v) is 5.23. The highest BCUT2D eigenvalue weighted by atomic mass is 35.5. The number of carbonyl (C=O) groups excluding carboxylic acids is 1. The molecule has 1 saturated carbocycles. The summed E-state index contributed by atoms with van der Waals surface area (Å²) >= 11 is 0. The number of benzene rings is 1. The molecule has 0 heterocycles. The van der Waals surface area contributed by atoms with E-state index in [0.717, 1.165) is 18.6 Å². The van der Waals surface area contributed by atoms with Crippen molar-refractivity contribution in [1.29, 1.82) is 0 Å². The molecule has 5 heteroatoms. The summed E-state index contributed by atoms with van der Waals surface area (Å²) < 4.78 is 10.1. The maximum atomic E-state index is 11.2. The summed E-state index contributed by atoms with van der Waals surface area (Å²) in [4.78, 5) is 11.2. The molecule has 0 atom stereocenters. The zero-order chi connectivity index (χ0) is 11.6. The van der Waals surface area contributed by atoms with Crippen LogP contribution in [0.25, 0.3) is 0 Å². The van der Waals surface area contributed by atoms with Crippen LogP contribution in [-0.2, 0) is 4.74 Å². The quantitative estimate of drug-likeness (QED) is 0.835. The van der Waals surface area contributed by atoms with Gasteiger partial charge in [-0.2, -0.15) is 0 Å². The third kappa shape index (κ3) is 3.61. The molecule has 1 aromatic rings. The fourth-order valence-electron chi connectivity index (χ4n) is 1.34. The van der Waals surface area contributed by atoms with Gasteiger partial charge in [-0.15, -0.1) is 12.4 Å². The first-order chi connectivity index (χ1) is 7.63. The van der Waals surface area contributed by atoms with Crippen LogP contribution in [0.1, 0.15) is 23.2 Å². The Kier molecular flexibility index (Phi) is 4.37. The summed E-state index contributed by atoms with van der Waals surface area (Å²) in [5.74, 6) is 0.383. The summed E-state index contributed by atoms with van der Waals surface area (Å²) in [6, 6.07) is 6.85. The lowest BCUT2D eigenvalue weighted by molar-refractivity contribution is 0.0600. The van der Waals surface area contributed by atoms with Gasteiger partial charge in [-0.3, -0.25) is 0 Å². The molecule has 1 aliphatic carbocycles. The number of hydrogen-bond acceptors (Lipinski definition) is 4. The molecule has 4 nitrogen and oxygen atoms in total. The number of carbonyl (C=O) groups is 1. The number of halogens is 1. The third-order valence-electron chi connectivity index (χ3n) is 2.69. The predicted octanol–water partition coefficient (Wildman–Crippen LogP) is 1.77. The fraction of sp³-hybridized carbons (Fsp3) is 0.417. The zero-order valence-corrected chi connectivity index (χ0v) is 10.5. The molecular weight excluding hydrogens is 242 g/mol. The molecule has 94 valence electrons. The van der Waals surface area contributed by atoms with Gasteiger partial charge in [0.15, 0.2) is 0 Å². The van der Waals surface area contributed by atoms with Crippen LogP contribution < -0.4 is 10.5 Å². The Balaban J connectivity index is 0.00000144. The Hall–Kier alpha value is -1.26. The molecule has 0 aliphatic heterocycles. The minimum Gasteiger partial charge on any atom is -0.492 e. The first-order valence-electron chi connectivity index (χ1n) is 5.23. The van der Waals surface area contributed by atoms with Crippen LogP contribution in [-0.4, -0.2) is 25.2 Å². The SMILES string of the molecule is COC(=O)c1ccc(OCC2(N)CC2)cc1.Cl. The van der Waals surface area contributed by atoms with Crippen molar-refractivity contribution in [3.63, 3.8) is 0 Å². The molecule has 2 N–H and O–H groups in total. The lowest BCUT2D eigenvalue weighted by Crippen LogP contribution is -2.29. The van der Waals surface area contributed by atoms with Crippen molar-refractivity contribution in [2.24, 2.45) is 5.73 Å². The Labute approximate surface area is 106 Å². The molecule has 0 unspecified atom stereocenters. The molecule has 0 spiro atoms. The van der Waals surface area contributed by atoms with Crippen LogP contribution in [0.2, 0.25) is 0 Å². The number of hydrogen-bond donors (Lipinski definition) is 1. The Morgan fingerprint density at radius 2 is 1.94 bits per heavy atom. The van der Waals surface area contributed by atoms with E-state index in [4.69, 9.17) is 10.5 Å². The van der Waals surface area contributed by atoms with Crippen LogP contribution >= 0.6 is 12.4 Å². The average Bonchev–Trinajstić information content (AvgIpc) is 3.05. The van der Waals surface area contributed by atoms with E-state index in [1.165, 1.54) is 7.11 Å². The second kappa shape index (κ2) is 5.38. The average molecular weight is 258 g/mol. The van der Waals surface area contributed by atoms with Crippen LogP contribution in [0.5, 0.6) is 5.75 Å². The second-order valence-electron chi connectivity index (χ2n) is 4.17. The van der Waals surface area contributed by atoms with Gasteiger partial charge in [-0.05, 0) is 37.1 Å². The van der Waals surface area contributed by atoms with Crippen LogP contribution in [0.4, 0.5) is 0 Å². The number of esters is 1. The molecule has 1 fully saturated rings. The Bertz CT molecular complexity index is 387. The molecular formula is C12H16ClNO3. The smallest absolute Gasteiger partial charge is 0.337 e. The Morgan fingerprint density at radius 1 is 1.35 bits per heavy atom. The highest BCUT2D eigenvalue weighted by Gasteiger charge is 2.39. The van der Waals surface area contributed by atoms with Crippen molar-refractivity contribution < 1.29 is 14.3 Å². The Morgan fingerprint density at radius 3 is 2.41 bits per heavy atom. The summed E-state index contributed by atoms with van der Waals surface area (Å²) in [6.07, 6.45) is 2.04. The van der Waals surface area contributed by atoms with E-state index >= 15 is 0 Å². The van der Waals surface area contributed by atoms with E-state index in [0.29, 0.717) is 12.2 Å². The van der Waals surface area contributed by atoms with Crippen molar-refractivity contribution in [3.05, 3.63) is 29.8 Å². The van der Waals surface area contributed by atoms with Crippen molar-refractivity contribution >= 4 is 18.4 Å². The van der Waals surface area contributed by atoms with Crippen molar-refractivity contribution in [3.8, 4) is 5.75 Å². The van der Waals surface area contributed by atoms with E-state index in [1.54, 1.807) is 24.3 Å².